The number of aliphatic hydroxyl groups excluding tert-OH is 1. The van der Waals surface area contributed by atoms with E-state index in [9.17, 15) is 13.5 Å². The van der Waals surface area contributed by atoms with Gasteiger partial charge < -0.3 is 10.4 Å². The number of rotatable bonds is 7. The van der Waals surface area contributed by atoms with Gasteiger partial charge in [-0.25, -0.2) is 13.4 Å². The van der Waals surface area contributed by atoms with Gasteiger partial charge in [0, 0.05) is 26.3 Å². The van der Waals surface area contributed by atoms with Gasteiger partial charge in [0.05, 0.1) is 6.61 Å². The van der Waals surface area contributed by atoms with Gasteiger partial charge in [-0.1, -0.05) is 36.4 Å². The van der Waals surface area contributed by atoms with E-state index in [0.29, 0.717) is 5.65 Å². The quantitative estimate of drug-likeness (QED) is 0.668. The van der Waals surface area contributed by atoms with Gasteiger partial charge in [0.15, 0.2) is 10.8 Å². The molecule has 2 aromatic heterocycles. The molecule has 0 aliphatic heterocycles. The van der Waals surface area contributed by atoms with Crippen molar-refractivity contribution >= 4 is 21.5 Å². The molecule has 2 heterocycles. The van der Waals surface area contributed by atoms with E-state index in [4.69, 9.17) is 0 Å². The van der Waals surface area contributed by atoms with Gasteiger partial charge in [0.2, 0.25) is 0 Å². The Morgan fingerprint density at radius 2 is 1.88 bits per heavy atom. The van der Waals surface area contributed by atoms with Crippen LogP contribution in [0.4, 0.5) is 5.82 Å². The molecule has 25 heavy (non-hydrogen) atoms. The lowest BCUT2D eigenvalue weighted by molar-refractivity contribution is 0.250. The van der Waals surface area contributed by atoms with E-state index in [0.717, 1.165) is 5.56 Å². The zero-order valence-electron chi connectivity index (χ0n) is 13.8. The van der Waals surface area contributed by atoms with Crippen LogP contribution in [0.1, 0.15) is 5.56 Å². The summed E-state index contributed by atoms with van der Waals surface area (Å²) in [4.78, 5) is 4.33. The van der Waals surface area contributed by atoms with Crippen molar-refractivity contribution in [3.05, 3.63) is 60.3 Å². The second-order valence-electron chi connectivity index (χ2n) is 5.49. The summed E-state index contributed by atoms with van der Waals surface area (Å²) >= 11 is 0. The smallest absolute Gasteiger partial charge is 0.263 e. The minimum absolute atomic E-state index is 0.000445. The molecular weight excluding hydrogens is 340 g/mol. The summed E-state index contributed by atoms with van der Waals surface area (Å²) in [7, 11) is -2.24. The summed E-state index contributed by atoms with van der Waals surface area (Å²) < 4.78 is 29.4. The van der Waals surface area contributed by atoms with Gasteiger partial charge >= 0.3 is 0 Å². The van der Waals surface area contributed by atoms with E-state index in [1.807, 2.05) is 30.3 Å². The first-order chi connectivity index (χ1) is 12.1. The van der Waals surface area contributed by atoms with Crippen molar-refractivity contribution in [3.63, 3.8) is 0 Å². The summed E-state index contributed by atoms with van der Waals surface area (Å²) in [5, 5.41) is 12.3. The molecule has 0 spiro atoms. The topological polar surface area (TPSA) is 86.9 Å². The number of hydrogen-bond acceptors (Lipinski definition) is 5. The third-order valence-corrected chi connectivity index (χ3v) is 5.73. The molecule has 8 heteroatoms. The SMILES string of the molecule is CNc1nc2ccccn2c1S(=O)(=O)N(CCO)Cc1ccccc1. The van der Waals surface area contributed by atoms with Gasteiger partial charge in [-0.2, -0.15) is 4.31 Å². The number of fused-ring (bicyclic) bond motifs is 1. The molecule has 0 radical (unpaired) electrons. The number of benzene rings is 1. The maximum atomic E-state index is 13.3. The largest absolute Gasteiger partial charge is 0.395 e. The third kappa shape index (κ3) is 3.37. The number of aliphatic hydroxyl groups is 1. The highest BCUT2D eigenvalue weighted by molar-refractivity contribution is 7.89. The molecule has 132 valence electrons. The molecule has 0 aliphatic carbocycles. The van der Waals surface area contributed by atoms with Crippen molar-refractivity contribution < 1.29 is 13.5 Å². The van der Waals surface area contributed by atoms with Gasteiger partial charge in [-0.05, 0) is 17.7 Å². The highest BCUT2D eigenvalue weighted by atomic mass is 32.2. The lowest BCUT2D eigenvalue weighted by Gasteiger charge is -2.21. The van der Waals surface area contributed by atoms with Crippen molar-refractivity contribution in [3.8, 4) is 0 Å². The minimum Gasteiger partial charge on any atom is -0.395 e. The summed E-state index contributed by atoms with van der Waals surface area (Å²) in [6.07, 6.45) is 1.66. The first-order valence-corrected chi connectivity index (χ1v) is 9.31. The maximum Gasteiger partial charge on any atom is 0.263 e. The van der Waals surface area contributed by atoms with E-state index in [1.165, 1.54) is 8.71 Å². The van der Waals surface area contributed by atoms with Crippen LogP contribution in [0, 0.1) is 0 Å². The molecule has 0 atom stereocenters. The van der Waals surface area contributed by atoms with Crippen LogP contribution in [0.3, 0.4) is 0 Å². The number of hydrogen-bond donors (Lipinski definition) is 2. The Balaban J connectivity index is 2.09. The average Bonchev–Trinajstić information content (AvgIpc) is 3.01. The van der Waals surface area contributed by atoms with Gasteiger partial charge in [0.1, 0.15) is 5.65 Å². The van der Waals surface area contributed by atoms with E-state index >= 15 is 0 Å². The summed E-state index contributed by atoms with van der Waals surface area (Å²) in [6, 6.07) is 14.6. The summed E-state index contributed by atoms with van der Waals surface area (Å²) in [5.41, 5.74) is 1.38. The van der Waals surface area contributed by atoms with E-state index < -0.39 is 10.0 Å². The second-order valence-corrected chi connectivity index (χ2v) is 7.35. The highest BCUT2D eigenvalue weighted by Gasteiger charge is 2.31. The Hall–Kier alpha value is -2.42. The maximum absolute atomic E-state index is 13.3. The number of aromatic nitrogens is 2. The average molecular weight is 360 g/mol. The van der Waals surface area contributed by atoms with Crippen LogP contribution >= 0.6 is 0 Å². The van der Waals surface area contributed by atoms with Gasteiger partial charge in [-0.15, -0.1) is 0 Å². The Bertz CT molecular complexity index is 954. The molecule has 0 saturated carbocycles. The molecular formula is C17H20N4O3S. The zero-order chi connectivity index (χ0) is 17.9. The molecule has 0 aliphatic rings. The Morgan fingerprint density at radius 1 is 1.16 bits per heavy atom. The summed E-state index contributed by atoms with van der Waals surface area (Å²) in [6.45, 7) is -0.0922. The standard InChI is InChI=1S/C17H20N4O3S/c1-18-16-17(21-10-6-5-9-15(21)19-16)25(23,24)20(11-12-22)13-14-7-3-2-4-8-14/h2-10,18,22H,11-13H2,1H3. The lowest BCUT2D eigenvalue weighted by Crippen LogP contribution is -2.34. The van der Waals surface area contributed by atoms with Crippen LogP contribution < -0.4 is 5.32 Å². The lowest BCUT2D eigenvalue weighted by atomic mass is 10.2. The van der Waals surface area contributed by atoms with Crippen molar-refractivity contribution in [1.29, 1.82) is 0 Å². The Labute approximate surface area is 146 Å². The fourth-order valence-corrected chi connectivity index (χ4v) is 4.37. The van der Waals surface area contributed by atoms with Crippen LogP contribution in [0.15, 0.2) is 59.8 Å². The van der Waals surface area contributed by atoms with Crippen molar-refractivity contribution in [2.75, 3.05) is 25.5 Å². The fourth-order valence-electron chi connectivity index (χ4n) is 2.69. The normalized spacial score (nSPS) is 12.0. The molecule has 3 rings (SSSR count). The van der Waals surface area contributed by atoms with Gasteiger partial charge in [0.25, 0.3) is 10.0 Å². The van der Waals surface area contributed by atoms with Crippen molar-refractivity contribution in [2.24, 2.45) is 0 Å². The van der Waals surface area contributed by atoms with Gasteiger partial charge in [-0.3, -0.25) is 4.40 Å². The van der Waals surface area contributed by atoms with E-state index in [2.05, 4.69) is 10.3 Å². The first-order valence-electron chi connectivity index (χ1n) is 7.87. The van der Waals surface area contributed by atoms with E-state index in [1.54, 1.807) is 31.4 Å². The minimum atomic E-state index is -3.88. The molecule has 3 aromatic rings. The number of nitrogens with one attached hydrogen (secondary N) is 1. The first kappa shape index (κ1) is 17.4. The number of sulfonamides is 1. The molecule has 2 N–H and O–H groups in total. The molecule has 0 amide bonds. The van der Waals surface area contributed by atoms with Crippen LogP contribution in [0.5, 0.6) is 0 Å². The molecule has 0 fully saturated rings. The molecule has 7 nitrogen and oxygen atoms in total. The predicted molar refractivity (Wildman–Crippen MR) is 95.9 cm³/mol. The van der Waals surface area contributed by atoms with Crippen LogP contribution in [-0.4, -0.2) is 47.4 Å². The number of pyridine rings is 1. The van der Waals surface area contributed by atoms with Crippen LogP contribution in [0.2, 0.25) is 0 Å². The number of nitrogens with zero attached hydrogens (tertiary/aromatic N) is 3. The monoisotopic (exact) mass is 360 g/mol. The third-order valence-electron chi connectivity index (χ3n) is 3.86. The van der Waals surface area contributed by atoms with Crippen molar-refractivity contribution in [2.45, 2.75) is 11.6 Å². The van der Waals surface area contributed by atoms with E-state index in [-0.39, 0.29) is 30.5 Å². The Morgan fingerprint density at radius 3 is 2.56 bits per heavy atom. The van der Waals surface area contributed by atoms with Crippen LogP contribution in [0.25, 0.3) is 5.65 Å². The molecule has 0 bridgehead atoms. The number of anilines is 1. The Kier molecular flexibility index (Phi) is 5.03. The zero-order valence-corrected chi connectivity index (χ0v) is 14.6. The summed E-state index contributed by atoms with van der Waals surface area (Å²) in [5.74, 6) is 0.280. The molecule has 1 aromatic carbocycles. The molecule has 0 unspecified atom stereocenters. The predicted octanol–water partition coefficient (Wildman–Crippen LogP) is 1.56. The second kappa shape index (κ2) is 7.22. The molecule has 0 saturated heterocycles. The van der Waals surface area contributed by atoms with Crippen molar-refractivity contribution in [1.82, 2.24) is 13.7 Å². The highest BCUT2D eigenvalue weighted by Crippen LogP contribution is 2.26. The number of imidazole rings is 1. The van der Waals surface area contributed by atoms with Crippen LogP contribution in [-0.2, 0) is 16.6 Å². The fraction of sp³-hybridized carbons (Fsp3) is 0.235.